The van der Waals surface area contributed by atoms with Crippen LogP contribution in [0.25, 0.3) is 10.4 Å². The minimum Gasteiger partial charge on any atom is -0.390 e. The molecule has 0 spiro atoms. The van der Waals surface area contributed by atoms with Gasteiger partial charge in [-0.2, -0.15) is 5.10 Å². The largest absolute Gasteiger partial charge is 0.390 e. The standard InChI is InChI=1S/C17H14N4OS/c18-16-14(10-15(23-16)13-4-2-1-3-5-13)17(22)21-20-11-12-6-8-19-9-7-12/h1-11H,18H2,(H,21,22). The Kier molecular flexibility index (Phi) is 4.44. The van der Waals surface area contributed by atoms with Gasteiger partial charge in [0, 0.05) is 17.3 Å². The molecule has 6 heteroatoms. The molecule has 0 bridgehead atoms. The number of hydrogen-bond acceptors (Lipinski definition) is 5. The van der Waals surface area contributed by atoms with Crippen LogP contribution in [0.1, 0.15) is 15.9 Å². The first kappa shape index (κ1) is 14.9. The van der Waals surface area contributed by atoms with Crippen molar-refractivity contribution in [1.82, 2.24) is 10.4 Å². The third kappa shape index (κ3) is 3.61. The number of nitrogens with two attached hydrogens (primary N) is 1. The van der Waals surface area contributed by atoms with Gasteiger partial charge in [0.15, 0.2) is 0 Å². The fourth-order valence-electron chi connectivity index (χ4n) is 2.00. The fourth-order valence-corrected chi connectivity index (χ4v) is 2.93. The lowest BCUT2D eigenvalue weighted by atomic mass is 10.1. The summed E-state index contributed by atoms with van der Waals surface area (Å²) in [4.78, 5) is 17.1. The predicted octanol–water partition coefficient (Wildman–Crippen LogP) is 3.16. The van der Waals surface area contributed by atoms with Gasteiger partial charge >= 0.3 is 0 Å². The molecule has 0 aliphatic carbocycles. The van der Waals surface area contributed by atoms with Crippen LogP contribution in [0, 0.1) is 0 Å². The minimum absolute atomic E-state index is 0.328. The number of carbonyl (C=O) groups excluding carboxylic acids is 1. The normalized spacial score (nSPS) is 10.8. The van der Waals surface area contributed by atoms with Crippen molar-refractivity contribution in [2.75, 3.05) is 5.73 Å². The Bertz CT molecular complexity index is 828. The Morgan fingerprint density at radius 1 is 1.17 bits per heavy atom. The van der Waals surface area contributed by atoms with E-state index < -0.39 is 0 Å². The van der Waals surface area contributed by atoms with Gasteiger partial charge in [0.25, 0.3) is 5.91 Å². The highest BCUT2D eigenvalue weighted by Gasteiger charge is 2.14. The molecule has 2 aromatic heterocycles. The summed E-state index contributed by atoms with van der Waals surface area (Å²) in [6, 6.07) is 15.2. The molecule has 0 aliphatic heterocycles. The van der Waals surface area contributed by atoms with Crippen molar-refractivity contribution >= 4 is 28.5 Å². The Balaban J connectivity index is 1.73. The van der Waals surface area contributed by atoms with Gasteiger partial charge in [-0.25, -0.2) is 5.43 Å². The summed E-state index contributed by atoms with van der Waals surface area (Å²) in [7, 11) is 0. The van der Waals surface area contributed by atoms with Crippen molar-refractivity contribution in [2.45, 2.75) is 0 Å². The molecule has 0 saturated carbocycles. The predicted molar refractivity (Wildman–Crippen MR) is 93.5 cm³/mol. The number of anilines is 1. The molecule has 1 aromatic carbocycles. The topological polar surface area (TPSA) is 80.4 Å². The number of rotatable bonds is 4. The minimum atomic E-state index is -0.328. The van der Waals surface area contributed by atoms with Crippen LogP contribution < -0.4 is 11.2 Å². The van der Waals surface area contributed by atoms with Crippen LogP contribution in [0.4, 0.5) is 5.00 Å². The van der Waals surface area contributed by atoms with E-state index in [0.717, 1.165) is 16.0 Å². The molecule has 2 heterocycles. The van der Waals surface area contributed by atoms with E-state index in [4.69, 9.17) is 5.73 Å². The van der Waals surface area contributed by atoms with Crippen LogP contribution in [0.15, 0.2) is 66.0 Å². The Labute approximate surface area is 137 Å². The number of pyridine rings is 1. The van der Waals surface area contributed by atoms with Gasteiger partial charge in [0.1, 0.15) is 0 Å². The molecule has 114 valence electrons. The SMILES string of the molecule is Nc1sc(-c2ccccc2)cc1C(=O)NN=Cc1ccncc1. The molecule has 3 rings (SSSR count). The summed E-state index contributed by atoms with van der Waals surface area (Å²) in [5, 5.41) is 4.41. The van der Waals surface area contributed by atoms with Gasteiger partial charge < -0.3 is 5.73 Å². The van der Waals surface area contributed by atoms with Crippen molar-refractivity contribution in [3.63, 3.8) is 0 Å². The number of benzene rings is 1. The lowest BCUT2D eigenvalue weighted by Crippen LogP contribution is -2.18. The van der Waals surface area contributed by atoms with Crippen molar-refractivity contribution in [2.24, 2.45) is 5.10 Å². The molecular weight excluding hydrogens is 308 g/mol. The van der Waals surface area contributed by atoms with Crippen LogP contribution in [0.2, 0.25) is 0 Å². The number of thiophene rings is 1. The van der Waals surface area contributed by atoms with Gasteiger partial charge in [-0.15, -0.1) is 11.3 Å². The molecule has 0 saturated heterocycles. The molecule has 0 aliphatic rings. The smallest absolute Gasteiger partial charge is 0.274 e. The van der Waals surface area contributed by atoms with Crippen LogP contribution >= 0.6 is 11.3 Å². The maximum Gasteiger partial charge on any atom is 0.274 e. The van der Waals surface area contributed by atoms with E-state index in [1.54, 1.807) is 36.8 Å². The van der Waals surface area contributed by atoms with E-state index >= 15 is 0 Å². The van der Waals surface area contributed by atoms with Crippen molar-refractivity contribution in [1.29, 1.82) is 0 Å². The highest BCUT2D eigenvalue weighted by molar-refractivity contribution is 7.19. The summed E-state index contributed by atoms with van der Waals surface area (Å²) in [6.07, 6.45) is 4.87. The maximum absolute atomic E-state index is 12.2. The van der Waals surface area contributed by atoms with Crippen LogP contribution in [-0.2, 0) is 0 Å². The monoisotopic (exact) mass is 322 g/mol. The third-order valence-corrected chi connectivity index (χ3v) is 4.16. The first-order valence-corrected chi connectivity index (χ1v) is 7.74. The summed E-state index contributed by atoms with van der Waals surface area (Å²) < 4.78 is 0. The molecule has 0 radical (unpaired) electrons. The second-order valence-electron chi connectivity index (χ2n) is 4.73. The number of nitrogens with one attached hydrogen (secondary N) is 1. The van der Waals surface area contributed by atoms with Gasteiger partial charge in [0.2, 0.25) is 0 Å². The molecule has 0 fully saturated rings. The zero-order valence-electron chi connectivity index (χ0n) is 12.1. The van der Waals surface area contributed by atoms with Gasteiger partial charge in [-0.1, -0.05) is 30.3 Å². The van der Waals surface area contributed by atoms with Crippen molar-refractivity contribution in [3.8, 4) is 10.4 Å². The van der Waals surface area contributed by atoms with E-state index in [1.807, 2.05) is 30.3 Å². The lowest BCUT2D eigenvalue weighted by molar-refractivity contribution is 0.0956. The average molecular weight is 322 g/mol. The lowest BCUT2D eigenvalue weighted by Gasteiger charge is -1.98. The first-order chi connectivity index (χ1) is 11.2. The summed E-state index contributed by atoms with van der Waals surface area (Å²) in [6.45, 7) is 0. The van der Waals surface area contributed by atoms with Crippen molar-refractivity contribution in [3.05, 3.63) is 72.1 Å². The Morgan fingerprint density at radius 2 is 1.91 bits per heavy atom. The Hall–Kier alpha value is -2.99. The van der Waals surface area contributed by atoms with E-state index in [2.05, 4.69) is 15.5 Å². The van der Waals surface area contributed by atoms with E-state index in [-0.39, 0.29) is 5.91 Å². The molecule has 23 heavy (non-hydrogen) atoms. The molecular formula is C17H14N4OS. The van der Waals surface area contributed by atoms with E-state index in [1.165, 1.54) is 11.3 Å². The Morgan fingerprint density at radius 3 is 2.65 bits per heavy atom. The van der Waals surface area contributed by atoms with E-state index in [0.29, 0.717) is 10.6 Å². The zero-order chi connectivity index (χ0) is 16.1. The quantitative estimate of drug-likeness (QED) is 0.572. The number of nitrogens with zero attached hydrogens (tertiary/aromatic N) is 2. The second-order valence-corrected chi connectivity index (χ2v) is 5.82. The number of amides is 1. The first-order valence-electron chi connectivity index (χ1n) is 6.92. The fraction of sp³-hybridized carbons (Fsp3) is 0. The maximum atomic E-state index is 12.2. The number of carbonyl (C=O) groups is 1. The molecule has 3 N–H and O–H groups in total. The van der Waals surface area contributed by atoms with Crippen LogP contribution in [0.5, 0.6) is 0 Å². The summed E-state index contributed by atoms with van der Waals surface area (Å²) >= 11 is 1.38. The van der Waals surface area contributed by atoms with Crippen LogP contribution in [0.3, 0.4) is 0 Å². The van der Waals surface area contributed by atoms with E-state index in [9.17, 15) is 4.79 Å². The number of hydrogen-bond donors (Lipinski definition) is 2. The number of hydrazone groups is 1. The molecule has 1 amide bonds. The average Bonchev–Trinajstić information content (AvgIpc) is 2.98. The van der Waals surface area contributed by atoms with Gasteiger partial charge in [-0.05, 0) is 29.3 Å². The molecule has 0 unspecified atom stereocenters. The van der Waals surface area contributed by atoms with Crippen molar-refractivity contribution < 1.29 is 4.79 Å². The van der Waals surface area contributed by atoms with Crippen LogP contribution in [-0.4, -0.2) is 17.1 Å². The zero-order valence-corrected chi connectivity index (χ0v) is 13.0. The summed E-state index contributed by atoms with van der Waals surface area (Å²) in [5.74, 6) is -0.328. The molecule has 5 nitrogen and oxygen atoms in total. The molecule has 0 atom stereocenters. The molecule has 3 aromatic rings. The van der Waals surface area contributed by atoms with Gasteiger partial charge in [-0.3, -0.25) is 9.78 Å². The third-order valence-electron chi connectivity index (χ3n) is 3.15. The number of nitrogen functional groups attached to an aromatic ring is 1. The highest BCUT2D eigenvalue weighted by atomic mass is 32.1. The summed E-state index contributed by atoms with van der Waals surface area (Å²) in [5.41, 5.74) is 10.8. The van der Waals surface area contributed by atoms with Gasteiger partial charge in [0.05, 0.1) is 16.8 Å². The number of aromatic nitrogens is 1. The highest BCUT2D eigenvalue weighted by Crippen LogP contribution is 2.33. The second kappa shape index (κ2) is 6.85.